The van der Waals surface area contributed by atoms with Crippen LogP contribution in [0.1, 0.15) is 27.3 Å². The SMILES string of the molecule is CSc1ccc(CN(C)C(=O)c2c(C)nn(-c3ccc(F)cc3)c2C)cc1. The number of halogens is 1. The van der Waals surface area contributed by atoms with E-state index >= 15 is 0 Å². The number of hydrogen-bond acceptors (Lipinski definition) is 3. The smallest absolute Gasteiger partial charge is 0.257 e. The van der Waals surface area contributed by atoms with Gasteiger partial charge in [0, 0.05) is 18.5 Å². The molecular formula is C21H22FN3OS. The Morgan fingerprint density at radius 1 is 1.11 bits per heavy atom. The van der Waals surface area contributed by atoms with Crippen molar-refractivity contribution < 1.29 is 9.18 Å². The van der Waals surface area contributed by atoms with E-state index in [2.05, 4.69) is 17.2 Å². The summed E-state index contributed by atoms with van der Waals surface area (Å²) in [4.78, 5) is 15.9. The highest BCUT2D eigenvalue weighted by Gasteiger charge is 2.22. The summed E-state index contributed by atoms with van der Waals surface area (Å²) in [5.74, 6) is -0.379. The molecule has 6 heteroatoms. The highest BCUT2D eigenvalue weighted by molar-refractivity contribution is 7.98. The lowest BCUT2D eigenvalue weighted by Gasteiger charge is -2.18. The highest BCUT2D eigenvalue weighted by Crippen LogP contribution is 2.21. The summed E-state index contributed by atoms with van der Waals surface area (Å²) in [5, 5.41) is 4.49. The van der Waals surface area contributed by atoms with E-state index in [4.69, 9.17) is 0 Å². The summed E-state index contributed by atoms with van der Waals surface area (Å²) in [5.41, 5.74) is 3.79. The molecule has 1 heterocycles. The molecule has 0 radical (unpaired) electrons. The fourth-order valence-electron chi connectivity index (χ4n) is 3.05. The highest BCUT2D eigenvalue weighted by atomic mass is 32.2. The third-order valence-electron chi connectivity index (χ3n) is 4.50. The van der Waals surface area contributed by atoms with Gasteiger partial charge in [-0.15, -0.1) is 11.8 Å². The van der Waals surface area contributed by atoms with Gasteiger partial charge < -0.3 is 4.90 Å². The third-order valence-corrected chi connectivity index (χ3v) is 5.25. The van der Waals surface area contributed by atoms with E-state index in [0.29, 0.717) is 17.8 Å². The number of hydrogen-bond donors (Lipinski definition) is 0. The number of carbonyl (C=O) groups excluding carboxylic acids is 1. The van der Waals surface area contributed by atoms with E-state index < -0.39 is 0 Å². The molecule has 0 unspecified atom stereocenters. The van der Waals surface area contributed by atoms with Crippen molar-refractivity contribution in [2.45, 2.75) is 25.3 Å². The Labute approximate surface area is 163 Å². The molecule has 1 amide bonds. The summed E-state index contributed by atoms with van der Waals surface area (Å²) < 4.78 is 14.9. The van der Waals surface area contributed by atoms with Crippen molar-refractivity contribution in [1.29, 1.82) is 0 Å². The number of thioether (sulfide) groups is 1. The number of amides is 1. The van der Waals surface area contributed by atoms with Gasteiger partial charge in [0.1, 0.15) is 5.82 Å². The molecule has 0 aliphatic carbocycles. The molecule has 0 aliphatic heterocycles. The lowest BCUT2D eigenvalue weighted by atomic mass is 10.1. The first-order valence-electron chi connectivity index (χ1n) is 8.61. The predicted octanol–water partition coefficient (Wildman–Crippen LogP) is 4.62. The van der Waals surface area contributed by atoms with Crippen LogP contribution in [0.25, 0.3) is 5.69 Å². The fourth-order valence-corrected chi connectivity index (χ4v) is 3.46. The average Bonchev–Trinajstić information content (AvgIpc) is 2.96. The second-order valence-corrected chi connectivity index (χ2v) is 7.32. The van der Waals surface area contributed by atoms with Gasteiger partial charge in [-0.2, -0.15) is 5.10 Å². The third kappa shape index (κ3) is 4.06. The Kier molecular flexibility index (Phi) is 5.65. The molecule has 0 saturated carbocycles. The first kappa shape index (κ1) is 19.2. The van der Waals surface area contributed by atoms with Crippen LogP contribution < -0.4 is 0 Å². The van der Waals surface area contributed by atoms with Gasteiger partial charge >= 0.3 is 0 Å². The molecule has 3 aromatic rings. The molecule has 0 aliphatic rings. The van der Waals surface area contributed by atoms with Crippen LogP contribution in [-0.4, -0.2) is 33.9 Å². The summed E-state index contributed by atoms with van der Waals surface area (Å²) in [6, 6.07) is 14.3. The first-order valence-corrected chi connectivity index (χ1v) is 9.83. The maximum absolute atomic E-state index is 13.2. The van der Waals surface area contributed by atoms with Gasteiger partial charge in [0.2, 0.25) is 0 Å². The van der Waals surface area contributed by atoms with Gasteiger partial charge in [-0.1, -0.05) is 12.1 Å². The Balaban J connectivity index is 1.84. The quantitative estimate of drug-likeness (QED) is 0.603. The summed E-state index contributed by atoms with van der Waals surface area (Å²) in [7, 11) is 1.79. The van der Waals surface area contributed by atoms with E-state index in [-0.39, 0.29) is 11.7 Å². The summed E-state index contributed by atoms with van der Waals surface area (Å²) in [6.07, 6.45) is 2.04. The number of carbonyl (C=O) groups is 1. The van der Waals surface area contributed by atoms with Crippen LogP contribution in [0.4, 0.5) is 4.39 Å². The number of benzene rings is 2. The number of aromatic nitrogens is 2. The minimum Gasteiger partial charge on any atom is -0.337 e. The minimum atomic E-state index is -0.302. The fraction of sp³-hybridized carbons (Fsp3) is 0.238. The molecule has 4 nitrogen and oxygen atoms in total. The van der Waals surface area contributed by atoms with Gasteiger partial charge in [-0.3, -0.25) is 4.79 Å². The van der Waals surface area contributed by atoms with E-state index in [1.807, 2.05) is 32.2 Å². The van der Waals surface area contributed by atoms with E-state index in [0.717, 1.165) is 16.9 Å². The molecule has 0 saturated heterocycles. The van der Waals surface area contributed by atoms with Crippen LogP contribution in [0.3, 0.4) is 0 Å². The van der Waals surface area contributed by atoms with E-state index in [1.54, 1.807) is 40.5 Å². The lowest BCUT2D eigenvalue weighted by molar-refractivity contribution is 0.0783. The minimum absolute atomic E-state index is 0.0766. The van der Waals surface area contributed by atoms with Crippen molar-refractivity contribution in [3.05, 3.63) is 76.9 Å². The maximum atomic E-state index is 13.2. The van der Waals surface area contributed by atoms with Crippen molar-refractivity contribution in [2.75, 3.05) is 13.3 Å². The van der Waals surface area contributed by atoms with Crippen LogP contribution in [0.15, 0.2) is 53.4 Å². The van der Waals surface area contributed by atoms with E-state index in [9.17, 15) is 9.18 Å². The zero-order valence-corrected chi connectivity index (χ0v) is 16.7. The van der Waals surface area contributed by atoms with Crippen molar-refractivity contribution in [1.82, 2.24) is 14.7 Å². The van der Waals surface area contributed by atoms with Crippen molar-refractivity contribution in [3.63, 3.8) is 0 Å². The molecule has 2 aromatic carbocycles. The first-order chi connectivity index (χ1) is 12.9. The van der Waals surface area contributed by atoms with Crippen LogP contribution in [0, 0.1) is 19.7 Å². The van der Waals surface area contributed by atoms with E-state index in [1.165, 1.54) is 17.0 Å². The second kappa shape index (κ2) is 7.96. The Morgan fingerprint density at radius 3 is 2.33 bits per heavy atom. The van der Waals surface area contributed by atoms with Crippen molar-refractivity contribution >= 4 is 17.7 Å². The lowest BCUT2D eigenvalue weighted by Crippen LogP contribution is -2.27. The number of rotatable bonds is 5. The van der Waals surface area contributed by atoms with Gasteiger partial charge in [0.15, 0.2) is 0 Å². The van der Waals surface area contributed by atoms with Crippen LogP contribution in [0.5, 0.6) is 0 Å². The number of aryl methyl sites for hydroxylation is 1. The van der Waals surface area contributed by atoms with Crippen LogP contribution in [0.2, 0.25) is 0 Å². The molecule has 0 N–H and O–H groups in total. The molecule has 27 heavy (non-hydrogen) atoms. The molecule has 3 rings (SSSR count). The van der Waals surface area contributed by atoms with Gasteiger partial charge in [-0.25, -0.2) is 9.07 Å². The molecular weight excluding hydrogens is 361 g/mol. The molecule has 0 fully saturated rings. The van der Waals surface area contributed by atoms with Crippen molar-refractivity contribution in [2.24, 2.45) is 0 Å². The van der Waals surface area contributed by atoms with Crippen LogP contribution >= 0.6 is 11.8 Å². The summed E-state index contributed by atoms with van der Waals surface area (Å²) in [6.45, 7) is 4.20. The monoisotopic (exact) mass is 383 g/mol. The predicted molar refractivity (Wildman–Crippen MR) is 107 cm³/mol. The Hall–Kier alpha value is -2.60. The largest absolute Gasteiger partial charge is 0.337 e. The van der Waals surface area contributed by atoms with Gasteiger partial charge in [-0.05, 0) is 62.1 Å². The molecule has 1 aromatic heterocycles. The molecule has 0 bridgehead atoms. The van der Waals surface area contributed by atoms with Crippen molar-refractivity contribution in [3.8, 4) is 5.69 Å². The zero-order chi connectivity index (χ0) is 19.6. The number of nitrogens with zero attached hydrogens (tertiary/aromatic N) is 3. The molecule has 0 spiro atoms. The maximum Gasteiger partial charge on any atom is 0.257 e. The Bertz CT molecular complexity index is 949. The molecule has 140 valence electrons. The molecule has 0 atom stereocenters. The van der Waals surface area contributed by atoms with Gasteiger partial charge in [0.25, 0.3) is 5.91 Å². The average molecular weight is 383 g/mol. The Morgan fingerprint density at radius 2 is 1.74 bits per heavy atom. The second-order valence-electron chi connectivity index (χ2n) is 6.44. The topological polar surface area (TPSA) is 38.1 Å². The van der Waals surface area contributed by atoms with Crippen LogP contribution in [-0.2, 0) is 6.54 Å². The standard InChI is InChI=1S/C21H22FN3OS/c1-14-20(15(2)25(23-14)18-9-7-17(22)8-10-18)21(26)24(3)13-16-5-11-19(27-4)12-6-16/h5-12H,13H2,1-4H3. The van der Waals surface area contributed by atoms with Gasteiger partial charge in [0.05, 0.1) is 22.6 Å². The summed E-state index contributed by atoms with van der Waals surface area (Å²) >= 11 is 1.69. The zero-order valence-electron chi connectivity index (χ0n) is 15.9. The normalized spacial score (nSPS) is 10.9.